The molecule has 0 aromatic heterocycles. The zero-order valence-electron chi connectivity index (χ0n) is 8.47. The van der Waals surface area contributed by atoms with E-state index in [1.54, 1.807) is 0 Å². The Balaban J connectivity index is 2.14. The molecule has 1 aliphatic carbocycles. The lowest BCUT2D eigenvalue weighted by Crippen LogP contribution is -2.65. The van der Waals surface area contributed by atoms with Crippen LogP contribution in [0.2, 0.25) is 0 Å². The Bertz CT molecular complexity index is 223. The molecule has 2 fully saturated rings. The molecule has 3 heteroatoms. The smallest absolute Gasteiger partial charge is 0.109 e. The van der Waals surface area contributed by atoms with E-state index in [0.29, 0.717) is 13.0 Å². The van der Waals surface area contributed by atoms with Gasteiger partial charge in [-0.25, -0.2) is 0 Å². The minimum absolute atomic E-state index is 0.212. The minimum atomic E-state index is -0.783. The Labute approximate surface area is 79.3 Å². The third-order valence-corrected chi connectivity index (χ3v) is 3.59. The maximum atomic E-state index is 10.4. The van der Waals surface area contributed by atoms with E-state index >= 15 is 0 Å². The molecule has 0 aromatic rings. The van der Waals surface area contributed by atoms with E-state index in [1.807, 2.05) is 13.8 Å². The van der Waals surface area contributed by atoms with Gasteiger partial charge in [-0.1, -0.05) is 0 Å². The molecule has 0 spiro atoms. The molecule has 1 aliphatic heterocycles. The summed E-state index contributed by atoms with van der Waals surface area (Å²) < 4.78 is 5.55. The van der Waals surface area contributed by atoms with E-state index in [-0.39, 0.29) is 11.1 Å². The van der Waals surface area contributed by atoms with Gasteiger partial charge < -0.3 is 15.6 Å². The summed E-state index contributed by atoms with van der Waals surface area (Å²) in [4.78, 5) is 0. The monoisotopic (exact) mass is 185 g/mol. The van der Waals surface area contributed by atoms with Crippen LogP contribution in [0.1, 0.15) is 39.5 Å². The summed E-state index contributed by atoms with van der Waals surface area (Å²) in [6.45, 7) is 4.41. The average Bonchev–Trinajstić information content (AvgIpc) is 2.22. The number of hydrogen-bond acceptors (Lipinski definition) is 3. The van der Waals surface area contributed by atoms with Crippen molar-refractivity contribution in [2.24, 2.45) is 5.73 Å². The first kappa shape index (κ1) is 9.44. The number of hydrogen-bond donors (Lipinski definition) is 2. The van der Waals surface area contributed by atoms with Gasteiger partial charge in [-0.2, -0.15) is 0 Å². The second kappa shape index (κ2) is 2.47. The summed E-state index contributed by atoms with van der Waals surface area (Å²) in [5, 5.41) is 10.4. The van der Waals surface area contributed by atoms with Crippen LogP contribution in [0.5, 0.6) is 0 Å². The quantitative estimate of drug-likeness (QED) is 0.635. The SMILES string of the molecule is CC1(C)CC(O)(C2(N)CCC2)CO1. The lowest BCUT2D eigenvalue weighted by molar-refractivity contribution is -0.0734. The van der Waals surface area contributed by atoms with Crippen LogP contribution in [0.15, 0.2) is 0 Å². The van der Waals surface area contributed by atoms with Crippen molar-refractivity contribution in [3.8, 4) is 0 Å². The minimum Gasteiger partial charge on any atom is -0.385 e. The summed E-state index contributed by atoms with van der Waals surface area (Å²) >= 11 is 0. The third kappa shape index (κ3) is 1.30. The highest BCUT2D eigenvalue weighted by Gasteiger charge is 2.57. The topological polar surface area (TPSA) is 55.5 Å². The highest BCUT2D eigenvalue weighted by Crippen LogP contribution is 2.46. The van der Waals surface area contributed by atoms with Gasteiger partial charge in [0.15, 0.2) is 0 Å². The largest absolute Gasteiger partial charge is 0.385 e. The van der Waals surface area contributed by atoms with Crippen molar-refractivity contribution in [1.82, 2.24) is 0 Å². The highest BCUT2D eigenvalue weighted by atomic mass is 16.5. The summed E-state index contributed by atoms with van der Waals surface area (Å²) in [6.07, 6.45) is 3.67. The van der Waals surface area contributed by atoms with Crippen molar-refractivity contribution in [3.05, 3.63) is 0 Å². The maximum absolute atomic E-state index is 10.4. The third-order valence-electron chi connectivity index (χ3n) is 3.59. The molecule has 0 amide bonds. The van der Waals surface area contributed by atoms with Crippen LogP contribution in [0.3, 0.4) is 0 Å². The Morgan fingerprint density at radius 1 is 1.31 bits per heavy atom. The molecule has 1 unspecified atom stereocenters. The zero-order valence-corrected chi connectivity index (χ0v) is 8.47. The van der Waals surface area contributed by atoms with Crippen LogP contribution in [-0.4, -0.2) is 28.5 Å². The molecular formula is C10H19NO2. The average molecular weight is 185 g/mol. The van der Waals surface area contributed by atoms with Crippen LogP contribution >= 0.6 is 0 Å². The van der Waals surface area contributed by atoms with Crippen molar-refractivity contribution in [2.45, 2.75) is 56.3 Å². The molecule has 1 saturated heterocycles. The molecule has 3 nitrogen and oxygen atoms in total. The van der Waals surface area contributed by atoms with E-state index in [4.69, 9.17) is 10.5 Å². The van der Waals surface area contributed by atoms with E-state index in [2.05, 4.69) is 0 Å². The van der Waals surface area contributed by atoms with E-state index in [9.17, 15) is 5.11 Å². The first-order valence-corrected chi connectivity index (χ1v) is 5.02. The van der Waals surface area contributed by atoms with E-state index < -0.39 is 5.60 Å². The van der Waals surface area contributed by atoms with Crippen LogP contribution in [0, 0.1) is 0 Å². The summed E-state index contributed by atoms with van der Waals surface area (Å²) in [5.41, 5.74) is 4.76. The van der Waals surface area contributed by atoms with Gasteiger partial charge in [0, 0.05) is 12.0 Å². The molecule has 3 N–H and O–H groups in total. The lowest BCUT2D eigenvalue weighted by atomic mass is 9.64. The Kier molecular flexibility index (Phi) is 1.79. The Morgan fingerprint density at radius 3 is 2.23 bits per heavy atom. The number of rotatable bonds is 1. The molecule has 76 valence electrons. The van der Waals surface area contributed by atoms with E-state index in [1.165, 1.54) is 0 Å². The molecule has 1 heterocycles. The van der Waals surface area contributed by atoms with Gasteiger partial charge in [0.2, 0.25) is 0 Å². The summed E-state index contributed by atoms with van der Waals surface area (Å²) in [5.74, 6) is 0. The van der Waals surface area contributed by atoms with Gasteiger partial charge >= 0.3 is 0 Å². The van der Waals surface area contributed by atoms with Gasteiger partial charge in [0.05, 0.1) is 12.2 Å². The van der Waals surface area contributed by atoms with Crippen molar-refractivity contribution < 1.29 is 9.84 Å². The normalized spacial score (nSPS) is 41.5. The predicted octanol–water partition coefficient (Wildman–Crippen LogP) is 0.798. The van der Waals surface area contributed by atoms with Crippen LogP contribution < -0.4 is 5.73 Å². The molecule has 2 aliphatic rings. The van der Waals surface area contributed by atoms with Crippen LogP contribution in [0.4, 0.5) is 0 Å². The molecule has 0 aromatic carbocycles. The van der Waals surface area contributed by atoms with E-state index in [0.717, 1.165) is 19.3 Å². The van der Waals surface area contributed by atoms with Gasteiger partial charge in [0.1, 0.15) is 5.60 Å². The number of aliphatic hydroxyl groups is 1. The van der Waals surface area contributed by atoms with Crippen molar-refractivity contribution >= 4 is 0 Å². The Morgan fingerprint density at radius 2 is 1.92 bits per heavy atom. The lowest BCUT2D eigenvalue weighted by Gasteiger charge is -2.48. The standard InChI is InChI=1S/C10H19NO2/c1-8(2)6-10(12,7-13-8)9(11)4-3-5-9/h12H,3-7,11H2,1-2H3. The maximum Gasteiger partial charge on any atom is 0.109 e. The number of ether oxygens (including phenoxy) is 1. The first-order chi connectivity index (χ1) is 5.87. The van der Waals surface area contributed by atoms with Gasteiger partial charge in [-0.05, 0) is 33.1 Å². The second-order valence-corrected chi connectivity index (χ2v) is 5.27. The molecule has 2 rings (SSSR count). The fraction of sp³-hybridized carbons (Fsp3) is 1.00. The first-order valence-electron chi connectivity index (χ1n) is 5.02. The second-order valence-electron chi connectivity index (χ2n) is 5.27. The molecule has 1 atom stereocenters. The molecule has 0 bridgehead atoms. The molecule has 0 radical (unpaired) electrons. The highest BCUT2D eigenvalue weighted by molar-refractivity contribution is 5.13. The van der Waals surface area contributed by atoms with Crippen molar-refractivity contribution in [2.75, 3.05) is 6.61 Å². The zero-order chi connectivity index (χ0) is 9.74. The molecular weight excluding hydrogens is 166 g/mol. The van der Waals surface area contributed by atoms with Crippen LogP contribution in [-0.2, 0) is 4.74 Å². The molecule has 1 saturated carbocycles. The fourth-order valence-corrected chi connectivity index (χ4v) is 2.46. The van der Waals surface area contributed by atoms with Gasteiger partial charge in [0.25, 0.3) is 0 Å². The Hall–Kier alpha value is -0.120. The van der Waals surface area contributed by atoms with Gasteiger partial charge in [-0.15, -0.1) is 0 Å². The summed E-state index contributed by atoms with van der Waals surface area (Å²) in [6, 6.07) is 0. The van der Waals surface area contributed by atoms with Crippen LogP contribution in [0.25, 0.3) is 0 Å². The predicted molar refractivity (Wildman–Crippen MR) is 50.4 cm³/mol. The van der Waals surface area contributed by atoms with Crippen molar-refractivity contribution in [3.63, 3.8) is 0 Å². The molecule has 13 heavy (non-hydrogen) atoms. The summed E-state index contributed by atoms with van der Waals surface area (Å²) in [7, 11) is 0. The number of nitrogens with two attached hydrogens (primary N) is 1. The van der Waals surface area contributed by atoms with Crippen molar-refractivity contribution in [1.29, 1.82) is 0 Å². The van der Waals surface area contributed by atoms with Gasteiger partial charge in [-0.3, -0.25) is 0 Å². The fourth-order valence-electron chi connectivity index (χ4n) is 2.46.